The molecule has 2 aromatic rings. The highest BCUT2D eigenvalue weighted by molar-refractivity contribution is 7.14. The van der Waals surface area contributed by atoms with Crippen LogP contribution < -0.4 is 22.1 Å². The molecule has 0 radical (unpaired) electrons. The molecule has 0 spiro atoms. The number of hydrogen-bond acceptors (Lipinski definition) is 9. The first-order valence-electron chi connectivity index (χ1n) is 8.61. The number of aliphatic carboxylic acids is 1. The minimum atomic E-state index is -1.34. The third-order valence-electron chi connectivity index (χ3n) is 4.39. The Labute approximate surface area is 164 Å². The summed E-state index contributed by atoms with van der Waals surface area (Å²) >= 11 is 1.29. The number of imide groups is 1. The summed E-state index contributed by atoms with van der Waals surface area (Å²) in [7, 11) is 0. The molecular formula is C17H20N6O4S. The molecule has 7 N–H and O–H groups in total. The molecule has 1 aliphatic rings. The lowest BCUT2D eigenvalue weighted by Gasteiger charge is -2.08. The minimum absolute atomic E-state index is 0.236. The van der Waals surface area contributed by atoms with Crippen molar-refractivity contribution in [2.45, 2.75) is 31.2 Å². The van der Waals surface area contributed by atoms with Crippen molar-refractivity contribution in [1.82, 2.24) is 15.3 Å². The molecule has 2 unspecified atom stereocenters. The number of carbonyl (C=O) groups excluding carboxylic acids is 2. The molecular weight excluding hydrogens is 384 g/mol. The van der Waals surface area contributed by atoms with E-state index in [1.807, 2.05) is 6.07 Å². The van der Waals surface area contributed by atoms with E-state index in [-0.39, 0.29) is 11.9 Å². The number of carboxylic acid groups (broad SMARTS) is 1. The SMILES string of the molecule is Nc1ncc2c(n1)NCC2CCc1ccc(C(=O)NC(=O)CC(N)C(=O)O)s1. The first kappa shape index (κ1) is 19.7. The van der Waals surface area contributed by atoms with Crippen LogP contribution in [0.4, 0.5) is 11.8 Å². The van der Waals surface area contributed by atoms with Gasteiger partial charge < -0.3 is 21.9 Å². The Morgan fingerprint density at radius 1 is 1.39 bits per heavy atom. The highest BCUT2D eigenvalue weighted by Gasteiger charge is 2.24. The van der Waals surface area contributed by atoms with Gasteiger partial charge in [0.25, 0.3) is 5.91 Å². The van der Waals surface area contributed by atoms with Gasteiger partial charge in [-0.25, -0.2) is 4.98 Å². The highest BCUT2D eigenvalue weighted by atomic mass is 32.1. The summed E-state index contributed by atoms with van der Waals surface area (Å²) in [6.45, 7) is 0.754. The lowest BCUT2D eigenvalue weighted by molar-refractivity contribution is -0.140. The van der Waals surface area contributed by atoms with Crippen LogP contribution in [-0.2, 0) is 16.0 Å². The number of carboxylic acids is 1. The number of nitrogens with two attached hydrogens (primary N) is 2. The summed E-state index contributed by atoms with van der Waals surface area (Å²) in [5.41, 5.74) is 11.9. The maximum absolute atomic E-state index is 12.1. The summed E-state index contributed by atoms with van der Waals surface area (Å²) in [5, 5.41) is 14.1. The van der Waals surface area contributed by atoms with Crippen molar-refractivity contribution in [2.24, 2.45) is 5.73 Å². The largest absolute Gasteiger partial charge is 0.480 e. The Hall–Kier alpha value is -3.05. The maximum Gasteiger partial charge on any atom is 0.321 e. The molecule has 2 aromatic heterocycles. The van der Waals surface area contributed by atoms with Gasteiger partial charge in [-0.2, -0.15) is 4.98 Å². The van der Waals surface area contributed by atoms with Crippen molar-refractivity contribution in [3.63, 3.8) is 0 Å². The van der Waals surface area contributed by atoms with Gasteiger partial charge in [0, 0.05) is 29.1 Å². The zero-order chi connectivity index (χ0) is 20.3. The molecule has 11 heteroatoms. The van der Waals surface area contributed by atoms with E-state index in [0.717, 1.165) is 35.6 Å². The van der Waals surface area contributed by atoms with Crippen LogP contribution in [0.5, 0.6) is 0 Å². The number of aromatic nitrogens is 2. The van der Waals surface area contributed by atoms with E-state index < -0.39 is 30.2 Å². The van der Waals surface area contributed by atoms with Gasteiger partial charge in [0.15, 0.2) is 0 Å². The van der Waals surface area contributed by atoms with Gasteiger partial charge in [-0.1, -0.05) is 0 Å². The Morgan fingerprint density at radius 3 is 2.93 bits per heavy atom. The molecule has 10 nitrogen and oxygen atoms in total. The van der Waals surface area contributed by atoms with Gasteiger partial charge in [-0.15, -0.1) is 11.3 Å². The lowest BCUT2D eigenvalue weighted by Crippen LogP contribution is -2.39. The van der Waals surface area contributed by atoms with Gasteiger partial charge >= 0.3 is 5.97 Å². The Bertz CT molecular complexity index is 915. The number of nitrogens with one attached hydrogen (secondary N) is 2. The third kappa shape index (κ3) is 4.61. The molecule has 2 atom stereocenters. The second kappa shape index (κ2) is 8.31. The van der Waals surface area contributed by atoms with Crippen molar-refractivity contribution >= 4 is 40.9 Å². The predicted molar refractivity (Wildman–Crippen MR) is 103 cm³/mol. The smallest absolute Gasteiger partial charge is 0.321 e. The van der Waals surface area contributed by atoms with Crippen LogP contribution in [0, 0.1) is 0 Å². The molecule has 3 heterocycles. The van der Waals surface area contributed by atoms with Gasteiger partial charge in [-0.3, -0.25) is 19.7 Å². The zero-order valence-corrected chi connectivity index (χ0v) is 15.7. The normalized spacial score (nSPS) is 16.1. The fourth-order valence-electron chi connectivity index (χ4n) is 2.91. The van der Waals surface area contributed by atoms with Gasteiger partial charge in [0.1, 0.15) is 11.9 Å². The molecule has 2 amide bonds. The van der Waals surface area contributed by atoms with Crippen molar-refractivity contribution in [2.75, 3.05) is 17.6 Å². The van der Waals surface area contributed by atoms with E-state index in [9.17, 15) is 14.4 Å². The van der Waals surface area contributed by atoms with Gasteiger partial charge in [0.05, 0.1) is 11.3 Å². The average Bonchev–Trinajstić information content (AvgIpc) is 3.26. The van der Waals surface area contributed by atoms with E-state index in [4.69, 9.17) is 16.6 Å². The molecule has 28 heavy (non-hydrogen) atoms. The van der Waals surface area contributed by atoms with Crippen LogP contribution >= 0.6 is 11.3 Å². The van der Waals surface area contributed by atoms with Crippen LogP contribution in [0.3, 0.4) is 0 Å². The molecule has 0 bridgehead atoms. The third-order valence-corrected chi connectivity index (χ3v) is 5.54. The first-order valence-corrected chi connectivity index (χ1v) is 9.42. The quantitative estimate of drug-likeness (QED) is 0.435. The molecule has 3 rings (SSSR count). The summed E-state index contributed by atoms with van der Waals surface area (Å²) in [6, 6.07) is 2.15. The van der Waals surface area contributed by atoms with Gasteiger partial charge in [-0.05, 0) is 25.0 Å². The number of amides is 2. The van der Waals surface area contributed by atoms with E-state index in [2.05, 4.69) is 20.6 Å². The number of fused-ring (bicyclic) bond motifs is 1. The number of anilines is 2. The molecule has 0 saturated carbocycles. The number of hydrogen-bond donors (Lipinski definition) is 5. The lowest BCUT2D eigenvalue weighted by atomic mass is 9.98. The monoisotopic (exact) mass is 404 g/mol. The zero-order valence-electron chi connectivity index (χ0n) is 14.8. The first-order chi connectivity index (χ1) is 13.3. The number of carbonyl (C=O) groups is 3. The highest BCUT2D eigenvalue weighted by Crippen LogP contribution is 2.33. The molecule has 0 aliphatic carbocycles. The van der Waals surface area contributed by atoms with E-state index in [0.29, 0.717) is 4.88 Å². The van der Waals surface area contributed by atoms with Crippen LogP contribution in [-0.4, -0.2) is 45.4 Å². The van der Waals surface area contributed by atoms with E-state index >= 15 is 0 Å². The topological polar surface area (TPSA) is 173 Å². The van der Waals surface area contributed by atoms with Crippen molar-refractivity contribution in [3.8, 4) is 0 Å². The van der Waals surface area contributed by atoms with E-state index in [1.165, 1.54) is 11.3 Å². The second-order valence-electron chi connectivity index (χ2n) is 6.44. The van der Waals surface area contributed by atoms with E-state index in [1.54, 1.807) is 12.3 Å². The number of thiophene rings is 1. The van der Waals surface area contributed by atoms with Crippen LogP contribution in [0.2, 0.25) is 0 Å². The molecule has 0 saturated heterocycles. The summed E-state index contributed by atoms with van der Waals surface area (Å²) < 4.78 is 0. The fraction of sp³-hybridized carbons (Fsp3) is 0.353. The Balaban J connectivity index is 1.53. The van der Waals surface area contributed by atoms with Gasteiger partial charge in [0.2, 0.25) is 11.9 Å². The summed E-state index contributed by atoms with van der Waals surface area (Å²) in [6.07, 6.45) is 2.89. The molecule has 148 valence electrons. The van der Waals surface area contributed by atoms with Crippen LogP contribution in [0.15, 0.2) is 18.3 Å². The summed E-state index contributed by atoms with van der Waals surface area (Å²) in [4.78, 5) is 44.1. The number of aryl methyl sites for hydroxylation is 1. The number of nitrogens with zero attached hydrogens (tertiary/aromatic N) is 2. The standard InChI is InChI=1S/C17H20N6O4S/c18-11(16(26)27)5-13(24)22-15(25)12-4-3-9(28-12)2-1-8-6-20-14-10(8)7-21-17(19)23-14/h3-4,7-8,11H,1-2,5-6,18H2,(H,26,27)(H,22,24,25)(H3,19,20,21,23). The Morgan fingerprint density at radius 2 is 2.18 bits per heavy atom. The molecule has 1 aliphatic heterocycles. The molecule has 0 aromatic carbocycles. The fourth-order valence-corrected chi connectivity index (χ4v) is 3.83. The number of rotatable bonds is 7. The van der Waals surface area contributed by atoms with Crippen LogP contribution in [0.25, 0.3) is 0 Å². The predicted octanol–water partition coefficient (Wildman–Crippen LogP) is 0.321. The number of nitrogen functional groups attached to an aromatic ring is 1. The van der Waals surface area contributed by atoms with Crippen molar-refractivity contribution < 1.29 is 19.5 Å². The minimum Gasteiger partial charge on any atom is -0.480 e. The summed E-state index contributed by atoms with van der Waals surface area (Å²) in [5.74, 6) is -1.31. The van der Waals surface area contributed by atoms with Crippen LogP contribution in [0.1, 0.15) is 38.9 Å². The second-order valence-corrected chi connectivity index (χ2v) is 7.61. The van der Waals surface area contributed by atoms with Crippen molar-refractivity contribution in [3.05, 3.63) is 33.6 Å². The molecule has 0 fully saturated rings. The maximum atomic E-state index is 12.1. The Kier molecular flexibility index (Phi) is 5.85. The van der Waals surface area contributed by atoms with Crippen molar-refractivity contribution in [1.29, 1.82) is 0 Å². The average molecular weight is 404 g/mol.